The Morgan fingerprint density at radius 1 is 1.29 bits per heavy atom. The molecule has 1 nitrogen and oxygen atoms in total. The Morgan fingerprint density at radius 2 is 1.79 bits per heavy atom. The highest BCUT2D eigenvalue weighted by atomic mass is 35.5. The molecule has 1 aromatic carbocycles. The minimum absolute atomic E-state index is 0. The summed E-state index contributed by atoms with van der Waals surface area (Å²) >= 11 is 3.87. The molecular weight excluding hydrogens is 216 g/mol. The summed E-state index contributed by atoms with van der Waals surface area (Å²) in [4.78, 5) is 11.1. The molecule has 0 spiro atoms. The molecular formula is C11H15ClOS. The van der Waals surface area contributed by atoms with Crippen molar-refractivity contribution in [2.24, 2.45) is 5.41 Å². The van der Waals surface area contributed by atoms with E-state index in [2.05, 4.69) is 12.6 Å². The molecule has 0 radical (unpaired) electrons. The highest BCUT2D eigenvalue weighted by molar-refractivity contribution is 7.96. The van der Waals surface area contributed by atoms with Gasteiger partial charge < -0.3 is 0 Å². The maximum Gasteiger partial charge on any atom is 0.191 e. The van der Waals surface area contributed by atoms with Gasteiger partial charge in [-0.15, -0.1) is 25.0 Å². The van der Waals surface area contributed by atoms with Gasteiger partial charge in [-0.3, -0.25) is 4.79 Å². The lowest BCUT2D eigenvalue weighted by atomic mass is 9.87. The van der Waals surface area contributed by atoms with Gasteiger partial charge in [0.1, 0.15) is 0 Å². The Bertz CT molecular complexity index is 295. The zero-order valence-corrected chi connectivity index (χ0v) is 10.1. The van der Waals surface area contributed by atoms with Crippen molar-refractivity contribution in [3.05, 3.63) is 35.9 Å². The third kappa shape index (κ3) is 3.72. The molecule has 3 heteroatoms. The first-order chi connectivity index (χ1) is 6.02. The summed E-state index contributed by atoms with van der Waals surface area (Å²) in [5, 5.41) is -0.0589. The molecule has 0 N–H and O–H groups in total. The molecule has 14 heavy (non-hydrogen) atoms. The van der Waals surface area contributed by atoms with Crippen LogP contribution in [-0.2, 0) is 11.2 Å². The van der Waals surface area contributed by atoms with Gasteiger partial charge in [-0.1, -0.05) is 44.2 Å². The van der Waals surface area contributed by atoms with Crippen LogP contribution in [0.5, 0.6) is 0 Å². The highest BCUT2D eigenvalue weighted by Gasteiger charge is 2.24. The molecule has 0 aliphatic carbocycles. The molecule has 0 saturated heterocycles. The fourth-order valence-corrected chi connectivity index (χ4v) is 1.26. The minimum atomic E-state index is -0.371. The number of halogens is 1. The van der Waals surface area contributed by atoms with Crippen LogP contribution in [0.25, 0.3) is 0 Å². The van der Waals surface area contributed by atoms with E-state index in [1.165, 1.54) is 5.56 Å². The van der Waals surface area contributed by atoms with Crippen molar-refractivity contribution < 1.29 is 4.79 Å². The van der Waals surface area contributed by atoms with E-state index >= 15 is 0 Å². The van der Waals surface area contributed by atoms with Crippen LogP contribution in [0.15, 0.2) is 30.3 Å². The quantitative estimate of drug-likeness (QED) is 0.790. The van der Waals surface area contributed by atoms with Gasteiger partial charge in [-0.25, -0.2) is 0 Å². The molecule has 78 valence electrons. The Hall–Kier alpha value is -0.470. The first-order valence-electron chi connectivity index (χ1n) is 4.30. The smallest absolute Gasteiger partial charge is 0.191 e. The van der Waals surface area contributed by atoms with Gasteiger partial charge in [-0.2, -0.15) is 0 Å². The summed E-state index contributed by atoms with van der Waals surface area (Å²) in [6, 6.07) is 9.98. The van der Waals surface area contributed by atoms with Crippen LogP contribution in [0.3, 0.4) is 0 Å². The van der Waals surface area contributed by atoms with E-state index < -0.39 is 0 Å². The number of thiol groups is 1. The number of carbonyl (C=O) groups excluding carboxylic acids is 1. The van der Waals surface area contributed by atoms with Crippen molar-refractivity contribution in [1.29, 1.82) is 0 Å². The van der Waals surface area contributed by atoms with Gasteiger partial charge in [0.2, 0.25) is 0 Å². The van der Waals surface area contributed by atoms with E-state index in [9.17, 15) is 4.79 Å². The summed E-state index contributed by atoms with van der Waals surface area (Å²) in [6.07, 6.45) is 0.746. The largest absolute Gasteiger partial charge is 0.287 e. The lowest BCUT2D eigenvalue weighted by Crippen LogP contribution is -2.22. The number of hydrogen-bond acceptors (Lipinski definition) is 1. The predicted octanol–water partition coefficient (Wildman–Crippen LogP) is 3.13. The summed E-state index contributed by atoms with van der Waals surface area (Å²) in [7, 11) is 0. The fourth-order valence-electron chi connectivity index (χ4n) is 1.18. The Kier molecular flexibility index (Phi) is 5.24. The molecule has 0 heterocycles. The molecule has 0 bridgehead atoms. The zero-order chi connectivity index (χ0) is 9.90. The molecule has 0 unspecified atom stereocenters. The summed E-state index contributed by atoms with van der Waals surface area (Å²) in [5.41, 5.74) is 0.805. The van der Waals surface area contributed by atoms with Gasteiger partial charge in [0.25, 0.3) is 0 Å². The second-order valence-corrected chi connectivity index (χ2v) is 4.26. The predicted molar refractivity (Wildman–Crippen MR) is 65.2 cm³/mol. The molecule has 1 aromatic rings. The Labute approximate surface area is 96.7 Å². The van der Waals surface area contributed by atoms with Gasteiger partial charge in [0.05, 0.1) is 0 Å². The van der Waals surface area contributed by atoms with Crippen molar-refractivity contribution in [2.45, 2.75) is 20.3 Å². The minimum Gasteiger partial charge on any atom is -0.287 e. The standard InChI is InChI=1S/C11H14OS.ClH/c1-11(2,10(12)13)8-9-6-4-3-5-7-9;/h3-7H,8H2,1-2H3,(H,12,13);1H. The van der Waals surface area contributed by atoms with Crippen LogP contribution in [0.1, 0.15) is 19.4 Å². The van der Waals surface area contributed by atoms with Crippen molar-refractivity contribution >= 4 is 30.2 Å². The molecule has 0 saturated carbocycles. The molecule has 0 aromatic heterocycles. The maximum absolute atomic E-state index is 11.1. The van der Waals surface area contributed by atoms with E-state index in [-0.39, 0.29) is 22.9 Å². The van der Waals surface area contributed by atoms with E-state index in [1.54, 1.807) is 0 Å². The third-order valence-electron chi connectivity index (χ3n) is 2.07. The highest BCUT2D eigenvalue weighted by Crippen LogP contribution is 2.24. The zero-order valence-electron chi connectivity index (χ0n) is 8.36. The second kappa shape index (κ2) is 5.42. The monoisotopic (exact) mass is 230 g/mol. The maximum atomic E-state index is 11.1. The first-order valence-corrected chi connectivity index (χ1v) is 4.74. The van der Waals surface area contributed by atoms with Crippen LogP contribution in [0.2, 0.25) is 0 Å². The molecule has 0 atom stereocenters. The summed E-state index contributed by atoms with van der Waals surface area (Å²) in [6.45, 7) is 3.82. The van der Waals surface area contributed by atoms with Crippen molar-refractivity contribution in [3.8, 4) is 0 Å². The van der Waals surface area contributed by atoms with Crippen molar-refractivity contribution in [2.75, 3.05) is 0 Å². The van der Waals surface area contributed by atoms with Crippen molar-refractivity contribution in [3.63, 3.8) is 0 Å². The fraction of sp³-hybridized carbons (Fsp3) is 0.364. The number of benzene rings is 1. The number of rotatable bonds is 3. The molecule has 0 amide bonds. The van der Waals surface area contributed by atoms with Gasteiger partial charge >= 0.3 is 0 Å². The average molecular weight is 231 g/mol. The molecule has 0 aliphatic rings. The molecule has 1 rings (SSSR count). The van der Waals surface area contributed by atoms with Crippen molar-refractivity contribution in [1.82, 2.24) is 0 Å². The van der Waals surface area contributed by atoms with E-state index in [0.29, 0.717) is 0 Å². The lowest BCUT2D eigenvalue weighted by Gasteiger charge is -2.19. The SMILES string of the molecule is CC(C)(Cc1ccccc1)C(=O)S.Cl. The van der Waals surface area contributed by atoms with Crippen LogP contribution in [-0.4, -0.2) is 5.12 Å². The van der Waals surface area contributed by atoms with Gasteiger partial charge in [0, 0.05) is 5.41 Å². The third-order valence-corrected chi connectivity index (χ3v) is 2.67. The van der Waals surface area contributed by atoms with Crippen LogP contribution >= 0.6 is 25.0 Å². The van der Waals surface area contributed by atoms with E-state index in [1.807, 2.05) is 44.2 Å². The van der Waals surface area contributed by atoms with Crippen LogP contribution in [0, 0.1) is 5.41 Å². The van der Waals surface area contributed by atoms with Crippen LogP contribution in [0.4, 0.5) is 0 Å². The Balaban J connectivity index is 0.00000169. The summed E-state index contributed by atoms with van der Waals surface area (Å²) in [5.74, 6) is 0. The Morgan fingerprint density at radius 3 is 2.21 bits per heavy atom. The first kappa shape index (κ1) is 13.5. The second-order valence-electron chi connectivity index (χ2n) is 3.85. The lowest BCUT2D eigenvalue weighted by molar-refractivity contribution is -0.117. The topological polar surface area (TPSA) is 17.1 Å². The van der Waals surface area contributed by atoms with Gasteiger partial charge in [0.15, 0.2) is 5.12 Å². The molecule has 0 aliphatic heterocycles. The molecule has 0 fully saturated rings. The van der Waals surface area contributed by atoms with E-state index in [0.717, 1.165) is 6.42 Å². The number of carbonyl (C=O) groups is 1. The van der Waals surface area contributed by atoms with Crippen LogP contribution < -0.4 is 0 Å². The van der Waals surface area contributed by atoms with Gasteiger partial charge in [-0.05, 0) is 12.0 Å². The van der Waals surface area contributed by atoms with E-state index in [4.69, 9.17) is 0 Å². The summed E-state index contributed by atoms with van der Waals surface area (Å²) < 4.78 is 0. The normalized spacial score (nSPS) is 10.5. The number of hydrogen-bond donors (Lipinski definition) is 1. The average Bonchev–Trinajstić information content (AvgIpc) is 2.05.